The molecule has 6 heteroatoms. The Balaban J connectivity index is 1.15. The van der Waals surface area contributed by atoms with Crippen LogP contribution in [0.3, 0.4) is 0 Å². The average molecular weight is 455 g/mol. The number of benzene rings is 2. The van der Waals surface area contributed by atoms with Gasteiger partial charge in [-0.05, 0) is 47.6 Å². The van der Waals surface area contributed by atoms with Crippen molar-refractivity contribution in [3.63, 3.8) is 0 Å². The second-order valence-corrected chi connectivity index (χ2v) is 9.09. The monoisotopic (exact) mass is 454 g/mol. The van der Waals surface area contributed by atoms with Crippen molar-refractivity contribution in [1.82, 2.24) is 15.2 Å². The highest BCUT2D eigenvalue weighted by Crippen LogP contribution is 2.23. The van der Waals surface area contributed by atoms with Gasteiger partial charge in [-0.15, -0.1) is 0 Å². The average Bonchev–Trinajstić information content (AvgIpc) is 3.38. The van der Waals surface area contributed by atoms with Gasteiger partial charge in [-0.25, -0.2) is 4.98 Å². The maximum absolute atomic E-state index is 12.9. The SMILES string of the molecule is O=C(NCc1ccc(N2CCc3ccccc3C2)nc1)C1CCCN1C(=O)Cc1ccccc1. The molecule has 174 valence electrons. The quantitative estimate of drug-likeness (QED) is 0.619. The normalized spacial score (nSPS) is 17.4. The third-order valence-corrected chi connectivity index (χ3v) is 6.80. The number of hydrogen-bond donors (Lipinski definition) is 1. The Bertz CT molecular complexity index is 1150. The van der Waals surface area contributed by atoms with Gasteiger partial charge < -0.3 is 15.1 Å². The molecule has 6 nitrogen and oxygen atoms in total. The van der Waals surface area contributed by atoms with E-state index in [0.717, 1.165) is 42.9 Å². The first-order chi connectivity index (χ1) is 16.7. The van der Waals surface area contributed by atoms with E-state index in [1.54, 1.807) is 4.90 Å². The first-order valence-corrected chi connectivity index (χ1v) is 12.0. The van der Waals surface area contributed by atoms with Crippen molar-refractivity contribution in [3.05, 3.63) is 95.2 Å². The molecule has 0 radical (unpaired) electrons. The van der Waals surface area contributed by atoms with Gasteiger partial charge >= 0.3 is 0 Å². The largest absolute Gasteiger partial charge is 0.352 e. The number of amides is 2. The Morgan fingerprint density at radius 3 is 2.50 bits per heavy atom. The van der Waals surface area contributed by atoms with Gasteiger partial charge in [-0.2, -0.15) is 0 Å². The Hall–Kier alpha value is -3.67. The van der Waals surface area contributed by atoms with Gasteiger partial charge in [0, 0.05) is 32.4 Å². The number of carbonyl (C=O) groups is 2. The lowest BCUT2D eigenvalue weighted by Gasteiger charge is -2.29. The zero-order chi connectivity index (χ0) is 23.3. The van der Waals surface area contributed by atoms with E-state index in [0.29, 0.717) is 25.9 Å². The van der Waals surface area contributed by atoms with Gasteiger partial charge in [0.25, 0.3) is 0 Å². The van der Waals surface area contributed by atoms with Crippen molar-refractivity contribution in [2.24, 2.45) is 0 Å². The minimum absolute atomic E-state index is 0.0120. The van der Waals surface area contributed by atoms with E-state index in [1.165, 1.54) is 11.1 Å². The standard InChI is InChI=1S/C28H30N4O2/c33-27(17-21-7-2-1-3-8-21)32-15-6-11-25(32)28(34)30-19-22-12-13-26(29-18-22)31-16-14-23-9-4-5-10-24(23)20-31/h1-5,7-10,12-13,18,25H,6,11,14-17,19-20H2,(H,30,34). The van der Waals surface area contributed by atoms with E-state index in [-0.39, 0.29) is 11.8 Å². The van der Waals surface area contributed by atoms with Gasteiger partial charge in [0.05, 0.1) is 6.42 Å². The number of likely N-dealkylation sites (tertiary alicyclic amines) is 1. The Kier molecular flexibility index (Phi) is 6.56. The fourth-order valence-corrected chi connectivity index (χ4v) is 4.92. The minimum atomic E-state index is -0.392. The summed E-state index contributed by atoms with van der Waals surface area (Å²) in [5.74, 6) is 0.881. The molecule has 0 spiro atoms. The van der Waals surface area contributed by atoms with E-state index >= 15 is 0 Å². The van der Waals surface area contributed by atoms with Crippen LogP contribution in [0.5, 0.6) is 0 Å². The lowest BCUT2D eigenvalue weighted by molar-refractivity contribution is -0.138. The van der Waals surface area contributed by atoms with E-state index in [4.69, 9.17) is 0 Å². The Morgan fingerprint density at radius 2 is 1.71 bits per heavy atom. The van der Waals surface area contributed by atoms with Crippen molar-refractivity contribution < 1.29 is 9.59 Å². The molecule has 0 aliphatic carbocycles. The highest BCUT2D eigenvalue weighted by atomic mass is 16.2. The summed E-state index contributed by atoms with van der Waals surface area (Å²) < 4.78 is 0. The number of nitrogens with one attached hydrogen (secondary N) is 1. The summed E-state index contributed by atoms with van der Waals surface area (Å²) >= 11 is 0. The van der Waals surface area contributed by atoms with Crippen LogP contribution >= 0.6 is 0 Å². The van der Waals surface area contributed by atoms with Gasteiger partial charge in [-0.1, -0.05) is 60.7 Å². The van der Waals surface area contributed by atoms with Gasteiger partial charge in [0.2, 0.25) is 11.8 Å². The molecule has 2 aromatic carbocycles. The summed E-state index contributed by atoms with van der Waals surface area (Å²) in [6.07, 6.45) is 4.75. The zero-order valence-corrected chi connectivity index (χ0v) is 19.3. The second kappa shape index (κ2) is 10.1. The maximum Gasteiger partial charge on any atom is 0.243 e. The molecule has 1 fully saturated rings. The van der Waals surface area contributed by atoms with Crippen LogP contribution in [0, 0.1) is 0 Å². The van der Waals surface area contributed by atoms with Crippen LogP contribution in [-0.4, -0.2) is 40.8 Å². The summed E-state index contributed by atoms with van der Waals surface area (Å²) in [5, 5.41) is 3.02. The number of nitrogens with zero attached hydrogens (tertiary/aromatic N) is 3. The molecule has 1 saturated heterocycles. The molecule has 3 aromatic rings. The molecule has 1 aromatic heterocycles. The molecular formula is C28H30N4O2. The zero-order valence-electron chi connectivity index (χ0n) is 19.3. The molecule has 3 heterocycles. The van der Waals surface area contributed by atoms with Gasteiger partial charge in [0.1, 0.15) is 11.9 Å². The summed E-state index contributed by atoms with van der Waals surface area (Å²) in [5.41, 5.74) is 4.70. The molecule has 0 saturated carbocycles. The van der Waals surface area contributed by atoms with Crippen molar-refractivity contribution in [3.8, 4) is 0 Å². The molecule has 2 aliphatic rings. The number of carbonyl (C=O) groups excluding carboxylic acids is 2. The Labute approximate surface area is 200 Å². The van der Waals surface area contributed by atoms with Crippen LogP contribution in [0.15, 0.2) is 72.9 Å². The highest BCUT2D eigenvalue weighted by Gasteiger charge is 2.33. The van der Waals surface area contributed by atoms with Crippen molar-refractivity contribution in [2.45, 2.75) is 44.8 Å². The first kappa shape index (κ1) is 22.1. The molecule has 2 aliphatic heterocycles. The summed E-state index contributed by atoms with van der Waals surface area (Å²) in [7, 11) is 0. The fraction of sp³-hybridized carbons (Fsp3) is 0.321. The molecule has 1 N–H and O–H groups in total. The molecule has 0 bridgehead atoms. The van der Waals surface area contributed by atoms with Crippen LogP contribution in [-0.2, 0) is 35.5 Å². The lowest BCUT2D eigenvalue weighted by atomic mass is 10.00. The third kappa shape index (κ3) is 4.96. The minimum Gasteiger partial charge on any atom is -0.352 e. The Morgan fingerprint density at radius 1 is 0.912 bits per heavy atom. The van der Waals surface area contributed by atoms with Crippen molar-refractivity contribution in [2.75, 3.05) is 18.0 Å². The number of aromatic nitrogens is 1. The molecule has 1 atom stereocenters. The number of pyridine rings is 1. The number of fused-ring (bicyclic) bond motifs is 1. The lowest BCUT2D eigenvalue weighted by Crippen LogP contribution is -2.46. The highest BCUT2D eigenvalue weighted by molar-refractivity contribution is 5.89. The summed E-state index contributed by atoms with van der Waals surface area (Å²) in [4.78, 5) is 34.4. The number of anilines is 1. The molecular weight excluding hydrogens is 424 g/mol. The van der Waals surface area contributed by atoms with Gasteiger partial charge in [-0.3, -0.25) is 9.59 Å². The van der Waals surface area contributed by atoms with Crippen LogP contribution in [0.2, 0.25) is 0 Å². The van der Waals surface area contributed by atoms with Crippen LogP contribution < -0.4 is 10.2 Å². The first-order valence-electron chi connectivity index (χ1n) is 12.0. The number of rotatable bonds is 6. The molecule has 34 heavy (non-hydrogen) atoms. The summed E-state index contributed by atoms with van der Waals surface area (Å²) in [6.45, 7) is 2.87. The van der Waals surface area contributed by atoms with Crippen LogP contribution in [0.4, 0.5) is 5.82 Å². The smallest absolute Gasteiger partial charge is 0.243 e. The predicted molar refractivity (Wildman–Crippen MR) is 132 cm³/mol. The van der Waals surface area contributed by atoms with Crippen molar-refractivity contribution in [1.29, 1.82) is 0 Å². The van der Waals surface area contributed by atoms with E-state index in [2.05, 4.69) is 39.5 Å². The number of hydrogen-bond acceptors (Lipinski definition) is 4. The molecule has 5 rings (SSSR count). The van der Waals surface area contributed by atoms with E-state index < -0.39 is 6.04 Å². The second-order valence-electron chi connectivity index (χ2n) is 9.09. The van der Waals surface area contributed by atoms with Crippen LogP contribution in [0.25, 0.3) is 0 Å². The fourth-order valence-electron chi connectivity index (χ4n) is 4.92. The topological polar surface area (TPSA) is 65.5 Å². The molecule has 1 unspecified atom stereocenters. The molecule has 2 amide bonds. The maximum atomic E-state index is 12.9. The predicted octanol–water partition coefficient (Wildman–Crippen LogP) is 3.49. The summed E-state index contributed by atoms with van der Waals surface area (Å²) in [6, 6.07) is 21.9. The van der Waals surface area contributed by atoms with E-state index in [9.17, 15) is 9.59 Å². The van der Waals surface area contributed by atoms with Gasteiger partial charge in [0.15, 0.2) is 0 Å². The van der Waals surface area contributed by atoms with E-state index in [1.807, 2.05) is 48.7 Å². The van der Waals surface area contributed by atoms with Crippen LogP contribution in [0.1, 0.15) is 35.1 Å². The van der Waals surface area contributed by atoms with Crippen molar-refractivity contribution >= 4 is 17.6 Å². The third-order valence-electron chi connectivity index (χ3n) is 6.80.